The van der Waals surface area contributed by atoms with Gasteiger partial charge < -0.3 is 4.90 Å². The first kappa shape index (κ1) is 19.4. The monoisotopic (exact) mass is 390 g/mol. The fourth-order valence-electron chi connectivity index (χ4n) is 4.35. The zero-order valence-corrected chi connectivity index (χ0v) is 16.8. The van der Waals surface area contributed by atoms with Gasteiger partial charge >= 0.3 is 0 Å². The van der Waals surface area contributed by atoms with Gasteiger partial charge in [-0.25, -0.2) is 0 Å². The van der Waals surface area contributed by atoms with E-state index >= 15 is 0 Å². The van der Waals surface area contributed by atoms with Crippen LogP contribution in [0, 0.1) is 0 Å². The number of benzene rings is 2. The molecule has 0 aliphatic carbocycles. The topological polar surface area (TPSA) is 57.7 Å². The maximum absolute atomic E-state index is 12.9. The molecule has 29 heavy (non-hydrogen) atoms. The average Bonchev–Trinajstić information content (AvgIpc) is 2.98. The first-order valence-electron chi connectivity index (χ1n) is 10.4. The smallest absolute Gasteiger partial charge is 0.261 e. The summed E-state index contributed by atoms with van der Waals surface area (Å²) in [6, 6.07) is 15.3. The fourth-order valence-corrected chi connectivity index (χ4v) is 4.35. The van der Waals surface area contributed by atoms with Crippen molar-refractivity contribution in [3.8, 4) is 0 Å². The van der Waals surface area contributed by atoms with E-state index in [0.29, 0.717) is 30.5 Å². The molecule has 0 N–H and O–H groups in total. The SMILES string of the molecule is C[C@H]1CCc2ccccc2N1C(=O)CCCCCN1C(=O)c2ccccc2C1=O. The minimum absolute atomic E-state index is 0.158. The molecular formula is C24H26N2O3. The van der Waals surface area contributed by atoms with Gasteiger partial charge in [-0.3, -0.25) is 19.3 Å². The van der Waals surface area contributed by atoms with Gasteiger partial charge in [0.1, 0.15) is 0 Å². The number of para-hydroxylation sites is 1. The highest BCUT2D eigenvalue weighted by Crippen LogP contribution is 2.31. The van der Waals surface area contributed by atoms with Crippen LogP contribution in [0.3, 0.4) is 0 Å². The summed E-state index contributed by atoms with van der Waals surface area (Å²) < 4.78 is 0. The molecule has 0 bridgehead atoms. The molecular weight excluding hydrogens is 364 g/mol. The lowest BCUT2D eigenvalue weighted by Crippen LogP contribution is -2.42. The Morgan fingerprint density at radius 2 is 1.59 bits per heavy atom. The molecule has 4 rings (SSSR count). The number of fused-ring (bicyclic) bond motifs is 2. The zero-order chi connectivity index (χ0) is 20.4. The maximum atomic E-state index is 12.9. The quantitative estimate of drug-likeness (QED) is 0.548. The van der Waals surface area contributed by atoms with Crippen molar-refractivity contribution in [2.24, 2.45) is 0 Å². The van der Waals surface area contributed by atoms with E-state index in [1.807, 2.05) is 23.1 Å². The number of imide groups is 1. The lowest BCUT2D eigenvalue weighted by Gasteiger charge is -2.35. The van der Waals surface area contributed by atoms with Crippen LogP contribution in [0.4, 0.5) is 5.69 Å². The first-order chi connectivity index (χ1) is 14.1. The molecule has 150 valence electrons. The number of rotatable bonds is 6. The third kappa shape index (κ3) is 3.69. The average molecular weight is 390 g/mol. The number of carbonyl (C=O) groups is 3. The van der Waals surface area contributed by atoms with E-state index in [9.17, 15) is 14.4 Å². The maximum Gasteiger partial charge on any atom is 0.261 e. The van der Waals surface area contributed by atoms with Crippen molar-refractivity contribution in [2.75, 3.05) is 11.4 Å². The van der Waals surface area contributed by atoms with Gasteiger partial charge in [0.15, 0.2) is 0 Å². The van der Waals surface area contributed by atoms with E-state index in [0.717, 1.165) is 31.4 Å². The van der Waals surface area contributed by atoms with Gasteiger partial charge in [0.2, 0.25) is 5.91 Å². The van der Waals surface area contributed by atoms with Gasteiger partial charge in [-0.1, -0.05) is 36.8 Å². The number of hydrogen-bond acceptors (Lipinski definition) is 3. The van der Waals surface area contributed by atoms with Crippen LogP contribution < -0.4 is 4.90 Å². The van der Waals surface area contributed by atoms with Gasteiger partial charge in [0, 0.05) is 24.7 Å². The molecule has 5 nitrogen and oxygen atoms in total. The largest absolute Gasteiger partial charge is 0.309 e. The molecule has 1 atom stereocenters. The van der Waals surface area contributed by atoms with Crippen LogP contribution in [0.25, 0.3) is 0 Å². The Labute approximate surface area is 171 Å². The predicted octanol–water partition coefficient (Wildman–Crippen LogP) is 4.21. The third-order valence-electron chi connectivity index (χ3n) is 5.94. The summed E-state index contributed by atoms with van der Waals surface area (Å²) in [6.45, 7) is 2.51. The van der Waals surface area contributed by atoms with Crippen molar-refractivity contribution in [1.82, 2.24) is 4.90 Å². The molecule has 2 heterocycles. The highest BCUT2D eigenvalue weighted by molar-refractivity contribution is 6.21. The molecule has 0 aromatic heterocycles. The predicted molar refractivity (Wildman–Crippen MR) is 112 cm³/mol. The highest BCUT2D eigenvalue weighted by atomic mass is 16.2. The van der Waals surface area contributed by atoms with E-state index in [-0.39, 0.29) is 23.8 Å². The summed E-state index contributed by atoms with van der Waals surface area (Å²) in [5.74, 6) is -0.258. The van der Waals surface area contributed by atoms with Crippen molar-refractivity contribution in [1.29, 1.82) is 0 Å². The summed E-state index contributed by atoms with van der Waals surface area (Å²) in [4.78, 5) is 40.9. The minimum atomic E-state index is -0.208. The van der Waals surface area contributed by atoms with E-state index < -0.39 is 0 Å². The third-order valence-corrected chi connectivity index (χ3v) is 5.94. The number of aryl methyl sites for hydroxylation is 1. The standard InChI is InChI=1S/C24H26N2O3/c1-17-14-15-18-9-4-7-12-21(18)26(17)22(27)13-3-2-8-16-25-23(28)19-10-5-6-11-20(19)24(25)29/h4-7,9-12,17H,2-3,8,13-16H2,1H3/t17-/m0/s1. The Balaban J connectivity index is 1.27. The van der Waals surface area contributed by atoms with Crippen molar-refractivity contribution in [2.45, 2.75) is 51.5 Å². The Morgan fingerprint density at radius 3 is 2.31 bits per heavy atom. The number of nitrogens with zero attached hydrogens (tertiary/aromatic N) is 2. The second-order valence-corrected chi connectivity index (χ2v) is 7.90. The van der Waals surface area contributed by atoms with Crippen molar-refractivity contribution in [3.63, 3.8) is 0 Å². The summed E-state index contributed by atoms with van der Waals surface area (Å²) in [5.41, 5.74) is 3.27. The van der Waals surface area contributed by atoms with Crippen LogP contribution in [-0.2, 0) is 11.2 Å². The van der Waals surface area contributed by atoms with Gasteiger partial charge in [0.05, 0.1) is 11.1 Å². The summed E-state index contributed by atoms with van der Waals surface area (Å²) >= 11 is 0. The van der Waals surface area contributed by atoms with Crippen LogP contribution >= 0.6 is 0 Å². The molecule has 2 aromatic rings. The van der Waals surface area contributed by atoms with Gasteiger partial charge in [-0.05, 0) is 56.4 Å². The van der Waals surface area contributed by atoms with E-state index in [2.05, 4.69) is 13.0 Å². The van der Waals surface area contributed by atoms with Crippen LogP contribution in [0.15, 0.2) is 48.5 Å². The summed E-state index contributed by atoms with van der Waals surface area (Å²) in [5, 5.41) is 0. The van der Waals surface area contributed by atoms with Crippen LogP contribution in [0.1, 0.15) is 65.3 Å². The molecule has 0 fully saturated rings. The Bertz CT molecular complexity index is 918. The molecule has 0 saturated heterocycles. The molecule has 0 radical (unpaired) electrons. The van der Waals surface area contributed by atoms with Crippen molar-refractivity contribution in [3.05, 3.63) is 65.2 Å². The van der Waals surface area contributed by atoms with E-state index in [4.69, 9.17) is 0 Å². The van der Waals surface area contributed by atoms with Gasteiger partial charge in [-0.2, -0.15) is 0 Å². The lowest BCUT2D eigenvalue weighted by molar-refractivity contribution is -0.119. The minimum Gasteiger partial charge on any atom is -0.309 e. The lowest BCUT2D eigenvalue weighted by atomic mass is 9.96. The van der Waals surface area contributed by atoms with Crippen LogP contribution in [0.5, 0.6) is 0 Å². The number of amides is 3. The highest BCUT2D eigenvalue weighted by Gasteiger charge is 2.34. The molecule has 2 aliphatic heterocycles. The molecule has 2 aromatic carbocycles. The zero-order valence-electron chi connectivity index (χ0n) is 16.8. The number of hydrogen-bond donors (Lipinski definition) is 0. The van der Waals surface area contributed by atoms with Crippen molar-refractivity contribution >= 4 is 23.4 Å². The van der Waals surface area contributed by atoms with Gasteiger partial charge in [0.25, 0.3) is 11.8 Å². The number of anilines is 1. The van der Waals surface area contributed by atoms with Crippen LogP contribution in [-0.4, -0.2) is 35.2 Å². The Kier molecular flexibility index (Phi) is 5.47. The molecule has 0 saturated carbocycles. The van der Waals surface area contributed by atoms with Crippen molar-refractivity contribution < 1.29 is 14.4 Å². The second-order valence-electron chi connectivity index (χ2n) is 7.90. The molecule has 3 amide bonds. The Hall–Kier alpha value is -2.95. The molecule has 0 unspecified atom stereocenters. The summed E-state index contributed by atoms with van der Waals surface area (Å²) in [6.07, 6.45) is 4.77. The Morgan fingerprint density at radius 1 is 0.931 bits per heavy atom. The number of carbonyl (C=O) groups excluding carboxylic acids is 3. The van der Waals surface area contributed by atoms with Crippen LogP contribution in [0.2, 0.25) is 0 Å². The second kappa shape index (κ2) is 8.19. The molecule has 2 aliphatic rings. The fraction of sp³-hybridized carbons (Fsp3) is 0.375. The van der Waals surface area contributed by atoms with E-state index in [1.54, 1.807) is 24.3 Å². The van der Waals surface area contributed by atoms with Gasteiger partial charge in [-0.15, -0.1) is 0 Å². The summed E-state index contributed by atoms with van der Waals surface area (Å²) in [7, 11) is 0. The molecule has 0 spiro atoms. The number of unbranched alkanes of at least 4 members (excludes halogenated alkanes) is 2. The van der Waals surface area contributed by atoms with E-state index in [1.165, 1.54) is 10.5 Å². The molecule has 5 heteroatoms. The first-order valence-corrected chi connectivity index (χ1v) is 10.4. The normalized spacial score (nSPS) is 18.0.